The molecule has 1 saturated heterocycles. The van der Waals surface area contributed by atoms with Crippen molar-refractivity contribution in [3.63, 3.8) is 0 Å². The molecule has 0 atom stereocenters. The number of amides is 1. The number of hydrogen-bond donors (Lipinski definition) is 2. The molecule has 1 amide bonds. The standard InChI is InChI=1S/C22H31N5O/c1-2-23-22(25-14-8-16-27-15-5-3-4-12-20(27)28)26-17-19-10-6-9-18-11-7-13-24-21(18)19/h6-7,9-11,13H,2-5,8,12,14-17H2,1H3,(H2,23,25,26). The summed E-state index contributed by atoms with van der Waals surface area (Å²) in [7, 11) is 0. The molecule has 2 heterocycles. The molecule has 0 unspecified atom stereocenters. The molecule has 0 spiro atoms. The Morgan fingerprint density at radius 3 is 2.96 bits per heavy atom. The molecule has 1 fully saturated rings. The lowest BCUT2D eigenvalue weighted by atomic mass is 10.1. The molecule has 1 aromatic heterocycles. The molecule has 2 N–H and O–H groups in total. The number of aromatic nitrogens is 1. The van der Waals surface area contributed by atoms with Gasteiger partial charge in [-0.2, -0.15) is 0 Å². The normalized spacial score (nSPS) is 15.5. The third-order valence-electron chi connectivity index (χ3n) is 5.04. The van der Waals surface area contributed by atoms with Gasteiger partial charge in [-0.1, -0.05) is 30.7 Å². The van der Waals surface area contributed by atoms with E-state index in [9.17, 15) is 4.79 Å². The highest BCUT2D eigenvalue weighted by Crippen LogP contribution is 2.16. The van der Waals surface area contributed by atoms with Crippen molar-refractivity contribution < 1.29 is 4.79 Å². The number of carbonyl (C=O) groups is 1. The quantitative estimate of drug-likeness (QED) is 0.439. The van der Waals surface area contributed by atoms with Crippen LogP contribution in [0.2, 0.25) is 0 Å². The lowest BCUT2D eigenvalue weighted by molar-refractivity contribution is -0.130. The Morgan fingerprint density at radius 2 is 2.07 bits per heavy atom. The SMILES string of the molecule is CCNC(=NCc1cccc2cccnc12)NCCCN1CCCCCC1=O. The molecule has 28 heavy (non-hydrogen) atoms. The molecule has 150 valence electrons. The van der Waals surface area contributed by atoms with E-state index in [1.165, 1.54) is 6.42 Å². The lowest BCUT2D eigenvalue weighted by Gasteiger charge is -2.20. The number of pyridine rings is 1. The van der Waals surface area contributed by atoms with E-state index in [1.54, 1.807) is 0 Å². The molecule has 1 aliphatic heterocycles. The largest absolute Gasteiger partial charge is 0.357 e. The van der Waals surface area contributed by atoms with Crippen molar-refractivity contribution in [3.05, 3.63) is 42.1 Å². The van der Waals surface area contributed by atoms with Crippen molar-refractivity contribution >= 4 is 22.8 Å². The van der Waals surface area contributed by atoms with Crippen LogP contribution in [0.3, 0.4) is 0 Å². The first-order valence-electron chi connectivity index (χ1n) is 10.4. The van der Waals surface area contributed by atoms with Gasteiger partial charge in [0.1, 0.15) is 0 Å². The second-order valence-electron chi connectivity index (χ2n) is 7.16. The third-order valence-corrected chi connectivity index (χ3v) is 5.04. The van der Waals surface area contributed by atoms with Gasteiger partial charge in [-0.05, 0) is 37.8 Å². The van der Waals surface area contributed by atoms with Gasteiger partial charge in [0.2, 0.25) is 5.91 Å². The summed E-state index contributed by atoms with van der Waals surface area (Å²) in [6.45, 7) is 5.97. The molecule has 0 radical (unpaired) electrons. The second kappa shape index (κ2) is 10.6. The van der Waals surface area contributed by atoms with E-state index >= 15 is 0 Å². The summed E-state index contributed by atoms with van der Waals surface area (Å²) in [5.41, 5.74) is 2.12. The monoisotopic (exact) mass is 381 g/mol. The van der Waals surface area contributed by atoms with Crippen LogP contribution >= 0.6 is 0 Å². The Balaban J connectivity index is 1.53. The summed E-state index contributed by atoms with van der Waals surface area (Å²) in [5.74, 6) is 1.11. The number of carbonyl (C=O) groups excluding carboxylic acids is 1. The van der Waals surface area contributed by atoms with Gasteiger partial charge in [0, 0.05) is 44.2 Å². The minimum absolute atomic E-state index is 0.307. The predicted octanol–water partition coefficient (Wildman–Crippen LogP) is 3.08. The average molecular weight is 382 g/mol. The first-order valence-corrected chi connectivity index (χ1v) is 10.4. The summed E-state index contributed by atoms with van der Waals surface area (Å²) < 4.78 is 0. The van der Waals surface area contributed by atoms with E-state index in [0.29, 0.717) is 18.9 Å². The number of rotatable bonds is 7. The molecular formula is C22H31N5O. The molecule has 6 heteroatoms. The van der Waals surface area contributed by atoms with Crippen molar-refractivity contribution in [2.75, 3.05) is 26.2 Å². The Bertz CT molecular complexity index is 799. The van der Waals surface area contributed by atoms with Crippen molar-refractivity contribution in [2.45, 2.75) is 45.6 Å². The number of likely N-dealkylation sites (tertiary alicyclic amines) is 1. The number of benzene rings is 1. The van der Waals surface area contributed by atoms with Crippen LogP contribution in [-0.4, -0.2) is 47.9 Å². The maximum Gasteiger partial charge on any atom is 0.222 e. The van der Waals surface area contributed by atoms with E-state index in [0.717, 1.165) is 67.9 Å². The fourth-order valence-corrected chi connectivity index (χ4v) is 3.55. The summed E-state index contributed by atoms with van der Waals surface area (Å²) in [6, 6.07) is 10.2. The Morgan fingerprint density at radius 1 is 1.18 bits per heavy atom. The van der Waals surface area contributed by atoms with Gasteiger partial charge in [-0.15, -0.1) is 0 Å². The van der Waals surface area contributed by atoms with Crippen LogP contribution in [0.5, 0.6) is 0 Å². The van der Waals surface area contributed by atoms with Crippen molar-refractivity contribution in [1.82, 2.24) is 20.5 Å². The summed E-state index contributed by atoms with van der Waals surface area (Å²) >= 11 is 0. The zero-order valence-electron chi connectivity index (χ0n) is 16.8. The molecule has 6 nitrogen and oxygen atoms in total. The highest BCUT2D eigenvalue weighted by molar-refractivity contribution is 5.83. The molecule has 3 rings (SSSR count). The van der Waals surface area contributed by atoms with Crippen molar-refractivity contribution in [1.29, 1.82) is 0 Å². The summed E-state index contributed by atoms with van der Waals surface area (Å²) in [6.07, 6.45) is 6.78. The number of para-hydroxylation sites is 1. The number of nitrogens with zero attached hydrogens (tertiary/aromatic N) is 3. The first kappa shape index (κ1) is 20.1. The maximum atomic E-state index is 12.1. The summed E-state index contributed by atoms with van der Waals surface area (Å²) in [4.78, 5) is 23.3. The van der Waals surface area contributed by atoms with Crippen molar-refractivity contribution in [3.8, 4) is 0 Å². The third kappa shape index (κ3) is 5.68. The van der Waals surface area contributed by atoms with Gasteiger partial charge in [0.15, 0.2) is 5.96 Å². The van der Waals surface area contributed by atoms with E-state index in [4.69, 9.17) is 4.99 Å². The number of fused-ring (bicyclic) bond motifs is 1. The van der Waals surface area contributed by atoms with Gasteiger partial charge >= 0.3 is 0 Å². The minimum atomic E-state index is 0.307. The lowest BCUT2D eigenvalue weighted by Crippen LogP contribution is -2.39. The van der Waals surface area contributed by atoms with E-state index in [-0.39, 0.29) is 0 Å². The van der Waals surface area contributed by atoms with Crippen LogP contribution in [0.4, 0.5) is 0 Å². The minimum Gasteiger partial charge on any atom is -0.357 e. The molecule has 0 aliphatic carbocycles. The van der Waals surface area contributed by atoms with Crippen LogP contribution < -0.4 is 10.6 Å². The van der Waals surface area contributed by atoms with Gasteiger partial charge in [0.25, 0.3) is 0 Å². The van der Waals surface area contributed by atoms with Crippen LogP contribution in [0.25, 0.3) is 10.9 Å². The highest BCUT2D eigenvalue weighted by Gasteiger charge is 2.15. The molecule has 2 aromatic rings. The van der Waals surface area contributed by atoms with E-state index < -0.39 is 0 Å². The average Bonchev–Trinajstić information content (AvgIpc) is 2.93. The van der Waals surface area contributed by atoms with Crippen LogP contribution in [0.15, 0.2) is 41.5 Å². The maximum absolute atomic E-state index is 12.1. The van der Waals surface area contributed by atoms with Gasteiger partial charge in [-0.25, -0.2) is 4.99 Å². The topological polar surface area (TPSA) is 69.6 Å². The van der Waals surface area contributed by atoms with Crippen LogP contribution in [-0.2, 0) is 11.3 Å². The van der Waals surface area contributed by atoms with E-state index in [1.807, 2.05) is 23.2 Å². The Labute approximate surface area is 167 Å². The smallest absolute Gasteiger partial charge is 0.222 e. The van der Waals surface area contributed by atoms with E-state index in [2.05, 4.69) is 40.7 Å². The molecule has 1 aromatic carbocycles. The fraction of sp³-hybridized carbons (Fsp3) is 0.500. The number of guanidine groups is 1. The first-order chi connectivity index (χ1) is 13.8. The second-order valence-corrected chi connectivity index (χ2v) is 7.16. The van der Waals surface area contributed by atoms with Crippen LogP contribution in [0, 0.1) is 0 Å². The number of aliphatic imine (C=N–C) groups is 1. The Kier molecular flexibility index (Phi) is 7.64. The fourth-order valence-electron chi connectivity index (χ4n) is 3.55. The predicted molar refractivity (Wildman–Crippen MR) is 114 cm³/mol. The number of nitrogens with one attached hydrogen (secondary N) is 2. The zero-order valence-corrected chi connectivity index (χ0v) is 16.8. The molecule has 0 bridgehead atoms. The number of hydrogen-bond acceptors (Lipinski definition) is 3. The zero-order chi connectivity index (χ0) is 19.6. The van der Waals surface area contributed by atoms with Gasteiger partial charge in [-0.3, -0.25) is 9.78 Å². The summed E-state index contributed by atoms with van der Waals surface area (Å²) in [5, 5.41) is 7.82. The molecule has 0 saturated carbocycles. The van der Waals surface area contributed by atoms with Crippen molar-refractivity contribution in [2.24, 2.45) is 4.99 Å². The molecular weight excluding hydrogens is 350 g/mol. The van der Waals surface area contributed by atoms with Crippen LogP contribution in [0.1, 0.15) is 44.6 Å². The molecule has 1 aliphatic rings. The van der Waals surface area contributed by atoms with Gasteiger partial charge < -0.3 is 15.5 Å². The Hall–Kier alpha value is -2.63. The van der Waals surface area contributed by atoms with Gasteiger partial charge in [0.05, 0.1) is 12.1 Å². The highest BCUT2D eigenvalue weighted by atomic mass is 16.2.